The highest BCUT2D eigenvalue weighted by Crippen LogP contribution is 2.48. The molecule has 1 aliphatic carbocycles. The molecule has 0 aliphatic heterocycles. The minimum Gasteiger partial charge on any atom is -0.385 e. The fourth-order valence-corrected chi connectivity index (χ4v) is 2.07. The van der Waals surface area contributed by atoms with Gasteiger partial charge in [0.2, 0.25) is 0 Å². The zero-order valence-corrected chi connectivity index (χ0v) is 10.8. The number of nitrogens with zero attached hydrogens (tertiary/aromatic N) is 1. The van der Waals surface area contributed by atoms with Crippen molar-refractivity contribution < 1.29 is 4.74 Å². The van der Waals surface area contributed by atoms with Gasteiger partial charge in [-0.05, 0) is 43.2 Å². The molecule has 3 nitrogen and oxygen atoms in total. The smallest absolute Gasteiger partial charge is 0.0541 e. The average Bonchev–Trinajstić information content (AvgIpc) is 3.10. The van der Waals surface area contributed by atoms with E-state index in [1.165, 1.54) is 24.8 Å². The van der Waals surface area contributed by atoms with Crippen molar-refractivity contribution in [3.05, 3.63) is 29.6 Å². The van der Waals surface area contributed by atoms with Crippen LogP contribution in [0.25, 0.3) is 0 Å². The lowest BCUT2D eigenvalue weighted by molar-refractivity contribution is 0.171. The Bertz CT molecular complexity index is 344. The second-order valence-corrected chi connectivity index (χ2v) is 5.17. The predicted molar refractivity (Wildman–Crippen MR) is 68.8 cm³/mol. The van der Waals surface area contributed by atoms with Gasteiger partial charge in [0.15, 0.2) is 0 Å². The van der Waals surface area contributed by atoms with Crippen molar-refractivity contribution in [2.45, 2.75) is 32.7 Å². The highest BCUT2D eigenvalue weighted by Gasteiger charge is 2.41. The van der Waals surface area contributed by atoms with E-state index in [4.69, 9.17) is 4.74 Å². The number of pyridine rings is 1. The van der Waals surface area contributed by atoms with E-state index in [2.05, 4.69) is 29.4 Å². The summed E-state index contributed by atoms with van der Waals surface area (Å²) in [6.07, 6.45) is 5.78. The number of aryl methyl sites for hydroxylation is 1. The molecule has 1 saturated carbocycles. The van der Waals surface area contributed by atoms with E-state index in [1.54, 1.807) is 7.11 Å². The molecule has 0 amide bonds. The fraction of sp³-hybridized carbons (Fsp3) is 0.643. The van der Waals surface area contributed by atoms with E-state index in [9.17, 15) is 0 Å². The third-order valence-corrected chi connectivity index (χ3v) is 3.57. The largest absolute Gasteiger partial charge is 0.385 e. The lowest BCUT2D eigenvalue weighted by atomic mass is 10.0. The van der Waals surface area contributed by atoms with Crippen molar-refractivity contribution in [1.29, 1.82) is 0 Å². The summed E-state index contributed by atoms with van der Waals surface area (Å²) in [4.78, 5) is 4.39. The predicted octanol–water partition coefficient (Wildman–Crippen LogP) is 2.30. The van der Waals surface area contributed by atoms with Gasteiger partial charge in [0, 0.05) is 33.0 Å². The first-order valence-corrected chi connectivity index (χ1v) is 6.35. The number of hydrogen-bond donors (Lipinski definition) is 1. The molecule has 0 spiro atoms. The topological polar surface area (TPSA) is 34.1 Å². The number of aromatic nitrogens is 1. The minimum absolute atomic E-state index is 0.515. The first kappa shape index (κ1) is 12.5. The number of hydrogen-bond acceptors (Lipinski definition) is 3. The molecule has 0 unspecified atom stereocenters. The zero-order valence-electron chi connectivity index (χ0n) is 10.8. The first-order valence-electron chi connectivity index (χ1n) is 6.35. The van der Waals surface area contributed by atoms with Crippen LogP contribution in [-0.2, 0) is 11.3 Å². The average molecular weight is 234 g/mol. The monoisotopic (exact) mass is 234 g/mol. The molecule has 1 heterocycles. The third-order valence-electron chi connectivity index (χ3n) is 3.57. The summed E-state index contributed by atoms with van der Waals surface area (Å²) in [7, 11) is 1.78. The molecular weight excluding hydrogens is 212 g/mol. The zero-order chi connectivity index (χ0) is 12.1. The van der Waals surface area contributed by atoms with E-state index >= 15 is 0 Å². The van der Waals surface area contributed by atoms with Gasteiger partial charge in [-0.15, -0.1) is 0 Å². The van der Waals surface area contributed by atoms with Gasteiger partial charge in [-0.25, -0.2) is 0 Å². The molecule has 1 aromatic rings. The molecule has 1 N–H and O–H groups in total. The molecule has 1 aliphatic rings. The molecule has 0 atom stereocenters. The molecule has 1 aromatic heterocycles. The SMILES string of the molecule is COCCC1(CNCc2ccc(C)cn2)CC1. The van der Waals surface area contributed by atoms with Crippen molar-refractivity contribution in [2.75, 3.05) is 20.3 Å². The molecule has 0 bridgehead atoms. The van der Waals surface area contributed by atoms with Gasteiger partial charge >= 0.3 is 0 Å². The van der Waals surface area contributed by atoms with Gasteiger partial charge in [-0.3, -0.25) is 4.98 Å². The van der Waals surface area contributed by atoms with Gasteiger partial charge in [0.1, 0.15) is 0 Å². The molecule has 0 radical (unpaired) electrons. The van der Waals surface area contributed by atoms with Crippen LogP contribution in [0.5, 0.6) is 0 Å². The second kappa shape index (κ2) is 5.61. The Balaban J connectivity index is 1.71. The molecule has 0 saturated heterocycles. The van der Waals surface area contributed by atoms with Gasteiger partial charge in [0.05, 0.1) is 5.69 Å². The third kappa shape index (κ3) is 3.79. The molecule has 17 heavy (non-hydrogen) atoms. The number of nitrogens with one attached hydrogen (secondary N) is 1. The molecule has 94 valence electrons. The Hall–Kier alpha value is -0.930. The summed E-state index contributed by atoms with van der Waals surface area (Å²) in [6, 6.07) is 4.21. The Kier molecular flexibility index (Phi) is 4.13. The van der Waals surface area contributed by atoms with E-state index in [0.29, 0.717) is 5.41 Å². The molecule has 3 heteroatoms. The van der Waals surface area contributed by atoms with Crippen LogP contribution in [0.3, 0.4) is 0 Å². The fourth-order valence-electron chi connectivity index (χ4n) is 2.07. The lowest BCUT2D eigenvalue weighted by Gasteiger charge is -2.15. The van der Waals surface area contributed by atoms with Crippen LogP contribution in [0, 0.1) is 12.3 Å². The van der Waals surface area contributed by atoms with E-state index in [1.807, 2.05) is 6.20 Å². The summed E-state index contributed by atoms with van der Waals surface area (Å²) in [5.41, 5.74) is 2.85. The van der Waals surface area contributed by atoms with Crippen molar-refractivity contribution in [1.82, 2.24) is 10.3 Å². The van der Waals surface area contributed by atoms with Crippen LogP contribution >= 0.6 is 0 Å². The first-order chi connectivity index (χ1) is 8.24. The van der Waals surface area contributed by atoms with Crippen molar-refractivity contribution in [3.8, 4) is 0 Å². The van der Waals surface area contributed by atoms with Gasteiger partial charge in [-0.1, -0.05) is 6.07 Å². The summed E-state index contributed by atoms with van der Waals surface area (Å²) >= 11 is 0. The van der Waals surface area contributed by atoms with Crippen LogP contribution in [0.15, 0.2) is 18.3 Å². The molecule has 0 aromatic carbocycles. The maximum atomic E-state index is 5.16. The maximum absolute atomic E-state index is 5.16. The summed E-state index contributed by atoms with van der Waals surface area (Å²) in [6.45, 7) is 4.90. The Morgan fingerprint density at radius 1 is 1.41 bits per heavy atom. The van der Waals surface area contributed by atoms with Crippen LogP contribution in [0.1, 0.15) is 30.5 Å². The minimum atomic E-state index is 0.515. The summed E-state index contributed by atoms with van der Waals surface area (Å²) < 4.78 is 5.16. The van der Waals surface area contributed by atoms with Crippen molar-refractivity contribution >= 4 is 0 Å². The Labute approximate surface area is 104 Å². The quantitative estimate of drug-likeness (QED) is 0.786. The van der Waals surface area contributed by atoms with Crippen LogP contribution in [0.2, 0.25) is 0 Å². The number of ether oxygens (including phenoxy) is 1. The summed E-state index contributed by atoms with van der Waals surface area (Å²) in [5.74, 6) is 0. The van der Waals surface area contributed by atoms with E-state index < -0.39 is 0 Å². The lowest BCUT2D eigenvalue weighted by Crippen LogP contribution is -2.25. The Morgan fingerprint density at radius 2 is 2.24 bits per heavy atom. The normalized spacial score (nSPS) is 17.1. The van der Waals surface area contributed by atoms with Crippen molar-refractivity contribution in [3.63, 3.8) is 0 Å². The van der Waals surface area contributed by atoms with Crippen LogP contribution in [0.4, 0.5) is 0 Å². The maximum Gasteiger partial charge on any atom is 0.0541 e. The highest BCUT2D eigenvalue weighted by molar-refractivity contribution is 5.12. The number of methoxy groups -OCH3 is 1. The number of rotatable bonds is 7. The summed E-state index contributed by atoms with van der Waals surface area (Å²) in [5, 5.41) is 3.51. The second-order valence-electron chi connectivity index (χ2n) is 5.17. The molecule has 2 rings (SSSR count). The Morgan fingerprint density at radius 3 is 2.82 bits per heavy atom. The van der Waals surface area contributed by atoms with Crippen LogP contribution in [-0.4, -0.2) is 25.2 Å². The van der Waals surface area contributed by atoms with Crippen molar-refractivity contribution in [2.24, 2.45) is 5.41 Å². The van der Waals surface area contributed by atoms with E-state index in [0.717, 1.165) is 25.4 Å². The highest BCUT2D eigenvalue weighted by atomic mass is 16.5. The standard InChI is InChI=1S/C14H22N2O/c1-12-3-4-13(16-9-12)10-15-11-14(5-6-14)7-8-17-2/h3-4,9,15H,5-8,10-11H2,1-2H3. The molecule has 1 fully saturated rings. The van der Waals surface area contributed by atoms with Gasteiger partial charge in [0.25, 0.3) is 0 Å². The van der Waals surface area contributed by atoms with Gasteiger partial charge < -0.3 is 10.1 Å². The van der Waals surface area contributed by atoms with E-state index in [-0.39, 0.29) is 0 Å². The van der Waals surface area contributed by atoms with Gasteiger partial charge in [-0.2, -0.15) is 0 Å². The molecular formula is C14H22N2O. The van der Waals surface area contributed by atoms with Crippen LogP contribution < -0.4 is 5.32 Å².